The highest BCUT2D eigenvalue weighted by Crippen LogP contribution is 2.58. The molecule has 25 heavy (non-hydrogen) atoms. The van der Waals surface area contributed by atoms with Gasteiger partial charge in [0.25, 0.3) is 0 Å². The molecule has 138 valence electrons. The van der Waals surface area contributed by atoms with Gasteiger partial charge in [-0.3, -0.25) is 4.68 Å². The van der Waals surface area contributed by atoms with E-state index < -0.39 is 0 Å². The largest absolute Gasteiger partial charge is 0.368 e. The Balaban J connectivity index is 0.00000113. The van der Waals surface area contributed by atoms with E-state index in [-0.39, 0.29) is 24.8 Å². The molecule has 2 N–H and O–H groups in total. The summed E-state index contributed by atoms with van der Waals surface area (Å²) in [6.45, 7) is 5.36. The maximum absolute atomic E-state index is 4.35. The van der Waals surface area contributed by atoms with Crippen molar-refractivity contribution in [1.29, 1.82) is 0 Å². The number of anilines is 1. The Morgan fingerprint density at radius 1 is 1.24 bits per heavy atom. The molecule has 0 aromatic carbocycles. The second kappa shape index (κ2) is 7.89. The fourth-order valence-electron chi connectivity index (χ4n) is 3.91. The van der Waals surface area contributed by atoms with Gasteiger partial charge in [0.05, 0.1) is 11.4 Å². The van der Waals surface area contributed by atoms with Crippen molar-refractivity contribution in [3.63, 3.8) is 0 Å². The number of halogens is 2. The van der Waals surface area contributed by atoms with E-state index in [4.69, 9.17) is 0 Å². The fraction of sp³-hybridized carbons (Fsp3) is 0.588. The quantitative estimate of drug-likeness (QED) is 0.847. The second-order valence-electron chi connectivity index (χ2n) is 7.00. The fourth-order valence-corrected chi connectivity index (χ4v) is 3.91. The molecule has 1 aliphatic carbocycles. The molecule has 0 amide bonds. The smallest absolute Gasteiger partial charge is 0.148 e. The van der Waals surface area contributed by atoms with Crippen molar-refractivity contribution in [1.82, 2.24) is 25.3 Å². The third-order valence-electron chi connectivity index (χ3n) is 5.44. The maximum atomic E-state index is 4.35. The summed E-state index contributed by atoms with van der Waals surface area (Å²) in [5, 5.41) is 19.9. The van der Waals surface area contributed by atoms with E-state index in [1.165, 1.54) is 32.4 Å². The van der Waals surface area contributed by atoms with Gasteiger partial charge in [-0.1, -0.05) is 0 Å². The number of nitrogens with zero attached hydrogens (tertiary/aromatic N) is 4. The molecular weight excluding hydrogens is 359 g/mol. The first kappa shape index (κ1) is 19.9. The molecule has 1 aliphatic heterocycles. The Kier molecular flexibility index (Phi) is 6.30. The molecule has 2 aromatic rings. The number of nitrogens with one attached hydrogen (secondary N) is 2. The second-order valence-corrected chi connectivity index (χ2v) is 7.00. The average molecular weight is 385 g/mol. The number of hydrogen-bond donors (Lipinski definition) is 2. The number of aromatic nitrogens is 4. The van der Waals surface area contributed by atoms with Crippen LogP contribution in [0.5, 0.6) is 0 Å². The van der Waals surface area contributed by atoms with Gasteiger partial charge >= 0.3 is 0 Å². The monoisotopic (exact) mass is 384 g/mol. The molecule has 3 heterocycles. The predicted molar refractivity (Wildman–Crippen MR) is 105 cm³/mol. The summed E-state index contributed by atoms with van der Waals surface area (Å²) in [5.74, 6) is 1.66. The SMILES string of the molecule is Cc1nn(C)cc1-c1ccc(NCC2CC23CCNCC3)nn1.Cl.Cl. The van der Waals surface area contributed by atoms with Crippen LogP contribution in [0.25, 0.3) is 11.3 Å². The van der Waals surface area contributed by atoms with E-state index in [0.717, 1.165) is 35.2 Å². The van der Waals surface area contributed by atoms with E-state index in [1.807, 2.05) is 37.0 Å². The molecule has 1 atom stereocenters. The van der Waals surface area contributed by atoms with Gasteiger partial charge in [-0.05, 0) is 62.7 Å². The highest BCUT2D eigenvalue weighted by molar-refractivity contribution is 5.85. The molecule has 1 saturated heterocycles. The molecule has 4 rings (SSSR count). The molecule has 8 heteroatoms. The predicted octanol–water partition coefficient (Wildman–Crippen LogP) is 2.83. The number of hydrogen-bond acceptors (Lipinski definition) is 5. The lowest BCUT2D eigenvalue weighted by Gasteiger charge is -2.23. The van der Waals surface area contributed by atoms with Crippen molar-refractivity contribution < 1.29 is 0 Å². The van der Waals surface area contributed by atoms with Crippen LogP contribution in [0.1, 0.15) is 25.0 Å². The van der Waals surface area contributed by atoms with Gasteiger partial charge in [-0.15, -0.1) is 35.0 Å². The van der Waals surface area contributed by atoms with Crippen molar-refractivity contribution in [3.05, 3.63) is 24.0 Å². The molecule has 0 bridgehead atoms. The summed E-state index contributed by atoms with van der Waals surface area (Å²) in [4.78, 5) is 0. The third kappa shape index (κ3) is 4.07. The zero-order valence-electron chi connectivity index (χ0n) is 14.7. The normalized spacial score (nSPS) is 20.5. The molecule has 2 aliphatic rings. The average Bonchev–Trinajstić information content (AvgIpc) is 3.10. The molecular formula is C17H26Cl2N6. The van der Waals surface area contributed by atoms with Crippen molar-refractivity contribution in [2.45, 2.75) is 26.2 Å². The van der Waals surface area contributed by atoms with E-state index in [9.17, 15) is 0 Å². The minimum absolute atomic E-state index is 0. The van der Waals surface area contributed by atoms with E-state index in [1.54, 1.807) is 0 Å². The first-order chi connectivity index (χ1) is 11.2. The molecule has 1 unspecified atom stereocenters. The van der Waals surface area contributed by atoms with Gasteiger partial charge < -0.3 is 10.6 Å². The Morgan fingerprint density at radius 3 is 2.60 bits per heavy atom. The van der Waals surface area contributed by atoms with Crippen LogP contribution in [-0.2, 0) is 7.05 Å². The molecule has 0 radical (unpaired) electrons. The topological polar surface area (TPSA) is 67.7 Å². The summed E-state index contributed by atoms with van der Waals surface area (Å²) in [7, 11) is 1.92. The Labute approximate surface area is 161 Å². The van der Waals surface area contributed by atoms with Crippen molar-refractivity contribution in [2.75, 3.05) is 25.0 Å². The van der Waals surface area contributed by atoms with Gasteiger partial charge in [0, 0.05) is 25.4 Å². The minimum Gasteiger partial charge on any atom is -0.368 e. The van der Waals surface area contributed by atoms with E-state index in [0.29, 0.717) is 5.41 Å². The summed E-state index contributed by atoms with van der Waals surface area (Å²) in [6.07, 6.45) is 5.99. The zero-order chi connectivity index (χ0) is 15.9. The molecule has 6 nitrogen and oxygen atoms in total. The zero-order valence-corrected chi connectivity index (χ0v) is 16.3. The lowest BCUT2D eigenvalue weighted by molar-refractivity contribution is 0.326. The highest BCUT2D eigenvalue weighted by Gasteiger charge is 2.53. The van der Waals surface area contributed by atoms with Gasteiger partial charge in [0.2, 0.25) is 0 Å². The number of aryl methyl sites for hydroxylation is 2. The van der Waals surface area contributed by atoms with Crippen LogP contribution < -0.4 is 10.6 Å². The first-order valence-corrected chi connectivity index (χ1v) is 8.45. The lowest BCUT2D eigenvalue weighted by Crippen LogP contribution is -2.30. The van der Waals surface area contributed by atoms with Crippen LogP contribution >= 0.6 is 24.8 Å². The summed E-state index contributed by atoms with van der Waals surface area (Å²) in [6, 6.07) is 4.04. The first-order valence-electron chi connectivity index (χ1n) is 8.45. The number of piperidine rings is 1. The number of rotatable bonds is 4. The van der Waals surface area contributed by atoms with Crippen LogP contribution in [0.2, 0.25) is 0 Å². The van der Waals surface area contributed by atoms with Gasteiger partial charge in [-0.2, -0.15) is 5.10 Å². The van der Waals surface area contributed by atoms with Gasteiger partial charge in [0.1, 0.15) is 5.82 Å². The van der Waals surface area contributed by atoms with Crippen LogP contribution in [0.15, 0.2) is 18.3 Å². The standard InChI is InChI=1S/C17H24N6.2ClH/c1-12-14(11-23(2)22-12)15-3-4-16(21-20-15)19-10-13-9-17(13)5-7-18-8-6-17;;/h3-4,11,13,18H,5-10H2,1-2H3,(H,19,21);2*1H. The van der Waals surface area contributed by atoms with Crippen molar-refractivity contribution in [2.24, 2.45) is 18.4 Å². The minimum atomic E-state index is 0. The van der Waals surface area contributed by atoms with Crippen LogP contribution in [0.3, 0.4) is 0 Å². The lowest BCUT2D eigenvalue weighted by atomic mass is 9.92. The van der Waals surface area contributed by atoms with Crippen molar-refractivity contribution >= 4 is 30.6 Å². The van der Waals surface area contributed by atoms with E-state index >= 15 is 0 Å². The van der Waals surface area contributed by atoms with E-state index in [2.05, 4.69) is 25.9 Å². The van der Waals surface area contributed by atoms with Gasteiger partial charge in [-0.25, -0.2) is 0 Å². The summed E-state index contributed by atoms with van der Waals surface area (Å²) >= 11 is 0. The van der Waals surface area contributed by atoms with Crippen molar-refractivity contribution in [3.8, 4) is 11.3 Å². The summed E-state index contributed by atoms with van der Waals surface area (Å²) in [5.41, 5.74) is 3.51. The molecule has 1 saturated carbocycles. The van der Waals surface area contributed by atoms with Gasteiger partial charge in [0.15, 0.2) is 0 Å². The molecule has 1 spiro atoms. The Bertz CT molecular complexity index is 694. The Morgan fingerprint density at radius 2 is 2.00 bits per heavy atom. The molecule has 2 fully saturated rings. The van der Waals surface area contributed by atoms with Crippen LogP contribution in [-0.4, -0.2) is 39.6 Å². The molecule has 2 aromatic heterocycles. The Hall–Kier alpha value is -1.37. The summed E-state index contributed by atoms with van der Waals surface area (Å²) < 4.78 is 1.81. The maximum Gasteiger partial charge on any atom is 0.148 e. The highest BCUT2D eigenvalue weighted by atomic mass is 35.5. The van der Waals surface area contributed by atoms with Crippen LogP contribution in [0, 0.1) is 18.3 Å². The third-order valence-corrected chi connectivity index (χ3v) is 5.44. The van der Waals surface area contributed by atoms with Crippen LogP contribution in [0.4, 0.5) is 5.82 Å².